The van der Waals surface area contributed by atoms with Crippen molar-refractivity contribution in [2.45, 2.75) is 25.4 Å². The molecule has 1 fully saturated rings. The molecule has 0 spiro atoms. The van der Waals surface area contributed by atoms with Crippen LogP contribution in [0.1, 0.15) is 23.7 Å². The average Bonchev–Trinajstić information content (AvgIpc) is 3.12. The molecule has 5 nitrogen and oxygen atoms in total. The van der Waals surface area contributed by atoms with Crippen LogP contribution >= 0.6 is 11.8 Å². The van der Waals surface area contributed by atoms with Crippen LogP contribution < -0.4 is 5.32 Å². The number of fused-ring (bicyclic) bond motifs is 1. The van der Waals surface area contributed by atoms with Crippen LogP contribution in [0.25, 0.3) is 10.9 Å². The molecule has 2 aromatic rings. The highest BCUT2D eigenvalue weighted by Crippen LogP contribution is 2.29. The number of carbonyl (C=O) groups excluding carboxylic acids is 1. The molecular weight excluding hydrogens is 300 g/mol. The van der Waals surface area contributed by atoms with Gasteiger partial charge in [-0.25, -0.2) is 4.79 Å². The SMILES string of the molecule is CCn1cc(C(=O)NC2(C(=O)O)CCSC2)c2ccccc21. The fraction of sp³-hybridized carbons (Fsp3) is 0.375. The summed E-state index contributed by atoms with van der Waals surface area (Å²) < 4.78 is 2.00. The van der Waals surface area contributed by atoms with Gasteiger partial charge in [0.25, 0.3) is 5.91 Å². The lowest BCUT2D eigenvalue weighted by Crippen LogP contribution is -2.54. The third kappa shape index (κ3) is 2.37. The van der Waals surface area contributed by atoms with Gasteiger partial charge in [-0.05, 0) is 25.2 Å². The summed E-state index contributed by atoms with van der Waals surface area (Å²) in [6.07, 6.45) is 2.27. The molecule has 1 aromatic carbocycles. The number of carbonyl (C=O) groups is 2. The van der Waals surface area contributed by atoms with Crippen LogP contribution in [0.5, 0.6) is 0 Å². The van der Waals surface area contributed by atoms with Gasteiger partial charge in [-0.2, -0.15) is 11.8 Å². The molecule has 1 amide bonds. The number of carboxylic acids is 1. The van der Waals surface area contributed by atoms with Crippen LogP contribution in [-0.4, -0.2) is 38.6 Å². The number of hydrogen-bond acceptors (Lipinski definition) is 3. The maximum absolute atomic E-state index is 12.7. The number of carboxylic acid groups (broad SMARTS) is 1. The number of thioether (sulfide) groups is 1. The van der Waals surface area contributed by atoms with E-state index in [0.717, 1.165) is 23.2 Å². The summed E-state index contributed by atoms with van der Waals surface area (Å²) in [5, 5.41) is 13.1. The maximum atomic E-state index is 12.7. The first-order valence-electron chi connectivity index (χ1n) is 7.29. The highest BCUT2D eigenvalue weighted by Gasteiger charge is 2.43. The first-order chi connectivity index (χ1) is 10.6. The van der Waals surface area contributed by atoms with E-state index in [9.17, 15) is 14.7 Å². The summed E-state index contributed by atoms with van der Waals surface area (Å²) in [5.74, 6) is -0.0950. The number of para-hydroxylation sites is 1. The summed E-state index contributed by atoms with van der Waals surface area (Å²) in [5.41, 5.74) is 0.382. The molecule has 22 heavy (non-hydrogen) atoms. The van der Waals surface area contributed by atoms with E-state index in [1.807, 2.05) is 35.8 Å². The fourth-order valence-corrected chi connectivity index (χ4v) is 4.19. The minimum Gasteiger partial charge on any atom is -0.479 e. The number of nitrogens with zero attached hydrogens (tertiary/aromatic N) is 1. The van der Waals surface area contributed by atoms with Crippen LogP contribution in [-0.2, 0) is 11.3 Å². The molecule has 3 rings (SSSR count). The van der Waals surface area contributed by atoms with Crippen molar-refractivity contribution < 1.29 is 14.7 Å². The second kappa shape index (κ2) is 5.68. The van der Waals surface area contributed by atoms with Crippen LogP contribution in [0.2, 0.25) is 0 Å². The minimum atomic E-state index is -1.14. The first-order valence-corrected chi connectivity index (χ1v) is 8.44. The predicted molar refractivity (Wildman–Crippen MR) is 87.4 cm³/mol. The van der Waals surface area contributed by atoms with Crippen molar-refractivity contribution in [3.63, 3.8) is 0 Å². The molecule has 1 saturated heterocycles. The lowest BCUT2D eigenvalue weighted by molar-refractivity contribution is -0.143. The maximum Gasteiger partial charge on any atom is 0.330 e. The second-order valence-electron chi connectivity index (χ2n) is 5.49. The first kappa shape index (κ1) is 15.0. The van der Waals surface area contributed by atoms with Gasteiger partial charge in [0.2, 0.25) is 0 Å². The topological polar surface area (TPSA) is 71.3 Å². The van der Waals surface area contributed by atoms with Crippen LogP contribution in [0.4, 0.5) is 0 Å². The van der Waals surface area contributed by atoms with Gasteiger partial charge in [0.15, 0.2) is 0 Å². The molecule has 0 radical (unpaired) electrons. The molecule has 1 unspecified atom stereocenters. The summed E-state index contributed by atoms with van der Waals surface area (Å²) in [7, 11) is 0. The van der Waals surface area contributed by atoms with E-state index in [0.29, 0.717) is 17.7 Å². The summed E-state index contributed by atoms with van der Waals surface area (Å²) >= 11 is 1.56. The molecule has 2 heterocycles. The molecule has 0 saturated carbocycles. The molecule has 1 aliphatic heterocycles. The number of hydrogen-bond donors (Lipinski definition) is 2. The van der Waals surface area contributed by atoms with E-state index >= 15 is 0 Å². The Bertz CT molecular complexity index is 732. The van der Waals surface area contributed by atoms with Gasteiger partial charge in [0.1, 0.15) is 5.54 Å². The van der Waals surface area contributed by atoms with E-state index in [1.54, 1.807) is 18.0 Å². The third-order valence-electron chi connectivity index (χ3n) is 4.16. The minimum absolute atomic E-state index is 0.312. The Morgan fingerprint density at radius 2 is 2.18 bits per heavy atom. The molecule has 1 atom stereocenters. The largest absolute Gasteiger partial charge is 0.479 e. The number of aliphatic carboxylic acids is 1. The standard InChI is InChI=1S/C16H18N2O3S/c1-2-18-9-12(11-5-3-4-6-13(11)18)14(19)17-16(15(20)21)7-8-22-10-16/h3-6,9H,2,7-8,10H2,1H3,(H,17,19)(H,20,21). The van der Waals surface area contributed by atoms with Crippen molar-refractivity contribution in [3.8, 4) is 0 Å². The van der Waals surface area contributed by atoms with Gasteiger partial charge in [-0.15, -0.1) is 0 Å². The third-order valence-corrected chi connectivity index (χ3v) is 5.35. The summed E-state index contributed by atoms with van der Waals surface area (Å²) in [6.45, 7) is 2.77. The Hall–Kier alpha value is -1.95. The van der Waals surface area contributed by atoms with Gasteiger partial charge in [-0.1, -0.05) is 18.2 Å². The Balaban J connectivity index is 1.97. The molecule has 2 N–H and O–H groups in total. The second-order valence-corrected chi connectivity index (χ2v) is 6.60. The normalized spacial score (nSPS) is 21.1. The number of aryl methyl sites for hydroxylation is 1. The van der Waals surface area contributed by atoms with Gasteiger partial charge in [0.05, 0.1) is 5.56 Å². The number of benzene rings is 1. The van der Waals surface area contributed by atoms with Crippen LogP contribution in [0, 0.1) is 0 Å². The number of amides is 1. The smallest absolute Gasteiger partial charge is 0.330 e. The van der Waals surface area contributed by atoms with E-state index in [1.165, 1.54) is 0 Å². The number of nitrogens with one attached hydrogen (secondary N) is 1. The Labute approximate surface area is 132 Å². The van der Waals surface area contributed by atoms with Crippen molar-refractivity contribution in [2.75, 3.05) is 11.5 Å². The predicted octanol–water partition coefficient (Wildman–Crippen LogP) is 2.35. The average molecular weight is 318 g/mol. The summed E-state index contributed by atoms with van der Waals surface area (Å²) in [4.78, 5) is 24.2. The van der Waals surface area contributed by atoms with Gasteiger partial charge in [-0.3, -0.25) is 4.79 Å². The zero-order chi connectivity index (χ0) is 15.7. The molecule has 1 aromatic heterocycles. The van der Waals surface area contributed by atoms with E-state index in [2.05, 4.69) is 5.32 Å². The van der Waals surface area contributed by atoms with E-state index < -0.39 is 11.5 Å². The molecule has 6 heteroatoms. The molecule has 1 aliphatic rings. The Morgan fingerprint density at radius 1 is 1.41 bits per heavy atom. The number of aromatic nitrogens is 1. The monoisotopic (exact) mass is 318 g/mol. The van der Waals surface area contributed by atoms with Crippen molar-refractivity contribution in [1.29, 1.82) is 0 Å². The van der Waals surface area contributed by atoms with Crippen molar-refractivity contribution in [3.05, 3.63) is 36.0 Å². The lowest BCUT2D eigenvalue weighted by atomic mass is 9.98. The Kier molecular flexibility index (Phi) is 3.87. The van der Waals surface area contributed by atoms with E-state index in [-0.39, 0.29) is 5.91 Å². The van der Waals surface area contributed by atoms with E-state index in [4.69, 9.17) is 0 Å². The molecular formula is C16H18N2O3S. The van der Waals surface area contributed by atoms with Crippen molar-refractivity contribution >= 4 is 34.5 Å². The Morgan fingerprint density at radius 3 is 2.82 bits per heavy atom. The molecule has 116 valence electrons. The zero-order valence-electron chi connectivity index (χ0n) is 12.3. The number of rotatable bonds is 4. The van der Waals surface area contributed by atoms with Crippen molar-refractivity contribution in [1.82, 2.24) is 9.88 Å². The van der Waals surface area contributed by atoms with Gasteiger partial charge >= 0.3 is 5.97 Å². The van der Waals surface area contributed by atoms with Gasteiger partial charge < -0.3 is 15.0 Å². The summed E-state index contributed by atoms with van der Waals surface area (Å²) in [6, 6.07) is 7.68. The van der Waals surface area contributed by atoms with Crippen LogP contribution in [0.3, 0.4) is 0 Å². The highest BCUT2D eigenvalue weighted by molar-refractivity contribution is 7.99. The van der Waals surface area contributed by atoms with Gasteiger partial charge in [0, 0.05) is 29.4 Å². The van der Waals surface area contributed by atoms with Crippen LogP contribution in [0.15, 0.2) is 30.5 Å². The molecule has 0 aliphatic carbocycles. The lowest BCUT2D eigenvalue weighted by Gasteiger charge is -2.24. The highest BCUT2D eigenvalue weighted by atomic mass is 32.2. The molecule has 0 bridgehead atoms. The zero-order valence-corrected chi connectivity index (χ0v) is 13.2. The quantitative estimate of drug-likeness (QED) is 0.908. The fourth-order valence-electron chi connectivity index (χ4n) is 2.86. The van der Waals surface area contributed by atoms with Crippen molar-refractivity contribution in [2.24, 2.45) is 0 Å².